The van der Waals surface area contributed by atoms with Crippen LogP contribution < -0.4 is 18.9 Å². The van der Waals surface area contributed by atoms with Gasteiger partial charge in [0, 0.05) is 12.2 Å². The van der Waals surface area contributed by atoms with E-state index in [1.807, 2.05) is 25.1 Å². The van der Waals surface area contributed by atoms with Gasteiger partial charge in [-0.1, -0.05) is 30.3 Å². The Balaban J connectivity index is 2.40. The molecular formula is C23H30O5S. The molecule has 158 valence electrons. The summed E-state index contributed by atoms with van der Waals surface area (Å²) in [5.74, 6) is 3.62. The number of methoxy groups -OCH3 is 4. The molecule has 6 heteroatoms. The minimum Gasteiger partial charge on any atom is -0.496 e. The van der Waals surface area contributed by atoms with Crippen LogP contribution in [-0.2, 0) is 11.2 Å². The highest BCUT2D eigenvalue weighted by atomic mass is 32.2. The zero-order valence-electron chi connectivity index (χ0n) is 18.1. The molecule has 0 aromatic heterocycles. The van der Waals surface area contributed by atoms with Gasteiger partial charge in [0.15, 0.2) is 5.12 Å². The first-order chi connectivity index (χ1) is 14.0. The molecule has 0 saturated heterocycles. The number of hydrogen-bond acceptors (Lipinski definition) is 6. The molecule has 29 heavy (non-hydrogen) atoms. The van der Waals surface area contributed by atoms with E-state index in [4.69, 9.17) is 18.9 Å². The predicted molar refractivity (Wildman–Crippen MR) is 120 cm³/mol. The Kier molecular flexibility index (Phi) is 8.70. The van der Waals surface area contributed by atoms with Gasteiger partial charge in [-0.3, -0.25) is 4.79 Å². The minimum absolute atomic E-state index is 0.222. The lowest BCUT2D eigenvalue weighted by molar-refractivity contribution is -0.110. The molecule has 0 aliphatic heterocycles. The number of benzene rings is 2. The van der Waals surface area contributed by atoms with Crippen molar-refractivity contribution in [3.8, 4) is 23.0 Å². The van der Waals surface area contributed by atoms with Crippen molar-refractivity contribution < 1.29 is 23.7 Å². The van der Waals surface area contributed by atoms with Crippen LogP contribution in [0.1, 0.15) is 32.3 Å². The SMILES string of the molecule is CCC(=O)SCC(C)=CCCc1cc(OC)c2c(OC)ccc(OC)c2c1OC. The van der Waals surface area contributed by atoms with Gasteiger partial charge in [0.05, 0.1) is 39.2 Å². The first kappa shape index (κ1) is 22.9. The summed E-state index contributed by atoms with van der Waals surface area (Å²) in [6.07, 6.45) is 4.36. The number of rotatable bonds is 10. The number of thioether (sulfide) groups is 1. The molecule has 5 nitrogen and oxygen atoms in total. The number of ether oxygens (including phenoxy) is 4. The van der Waals surface area contributed by atoms with Crippen molar-refractivity contribution >= 4 is 27.6 Å². The van der Waals surface area contributed by atoms with Crippen LogP contribution in [-0.4, -0.2) is 39.3 Å². The number of hydrogen-bond donors (Lipinski definition) is 0. The molecule has 0 amide bonds. The summed E-state index contributed by atoms with van der Waals surface area (Å²) in [5, 5.41) is 1.89. The number of aryl methyl sites for hydroxylation is 1. The fraction of sp³-hybridized carbons (Fsp3) is 0.435. The van der Waals surface area contributed by atoms with E-state index in [0.29, 0.717) is 17.9 Å². The maximum Gasteiger partial charge on any atom is 0.188 e. The van der Waals surface area contributed by atoms with Gasteiger partial charge in [-0.2, -0.15) is 0 Å². The van der Waals surface area contributed by atoms with E-state index < -0.39 is 0 Å². The third kappa shape index (κ3) is 5.38. The van der Waals surface area contributed by atoms with E-state index in [1.165, 1.54) is 17.3 Å². The molecule has 2 aromatic carbocycles. The fourth-order valence-corrected chi connectivity index (χ4v) is 3.95. The second-order valence-electron chi connectivity index (χ2n) is 6.59. The van der Waals surface area contributed by atoms with Crippen LogP contribution in [0.4, 0.5) is 0 Å². The lowest BCUT2D eigenvalue weighted by Crippen LogP contribution is -2.00. The molecule has 0 radical (unpaired) electrons. The highest BCUT2D eigenvalue weighted by Gasteiger charge is 2.20. The Morgan fingerprint density at radius 3 is 2.14 bits per heavy atom. The molecule has 0 saturated carbocycles. The monoisotopic (exact) mass is 418 g/mol. The maximum atomic E-state index is 11.5. The number of allylic oxidation sites excluding steroid dienone is 1. The van der Waals surface area contributed by atoms with Crippen molar-refractivity contribution in [2.45, 2.75) is 33.1 Å². The molecule has 0 N–H and O–H groups in total. The van der Waals surface area contributed by atoms with Crippen LogP contribution in [0.25, 0.3) is 10.8 Å². The largest absolute Gasteiger partial charge is 0.496 e. The molecule has 0 bridgehead atoms. The van der Waals surface area contributed by atoms with Gasteiger partial charge >= 0.3 is 0 Å². The molecule has 2 rings (SSSR count). The van der Waals surface area contributed by atoms with Gasteiger partial charge in [-0.25, -0.2) is 0 Å². The molecule has 0 aliphatic carbocycles. The van der Waals surface area contributed by atoms with E-state index in [9.17, 15) is 4.79 Å². The molecule has 2 aromatic rings. The van der Waals surface area contributed by atoms with Crippen molar-refractivity contribution in [2.24, 2.45) is 0 Å². The van der Waals surface area contributed by atoms with Gasteiger partial charge in [0.1, 0.15) is 23.0 Å². The quantitative estimate of drug-likeness (QED) is 0.480. The first-order valence-electron chi connectivity index (χ1n) is 9.60. The predicted octanol–water partition coefficient (Wildman–Crippen LogP) is 5.42. The topological polar surface area (TPSA) is 54.0 Å². The number of carbonyl (C=O) groups excluding carboxylic acids is 1. The zero-order valence-corrected chi connectivity index (χ0v) is 18.9. The van der Waals surface area contributed by atoms with Gasteiger partial charge in [-0.15, -0.1) is 0 Å². The van der Waals surface area contributed by atoms with Crippen LogP contribution >= 0.6 is 11.8 Å². The summed E-state index contributed by atoms with van der Waals surface area (Å²) < 4.78 is 22.6. The van der Waals surface area contributed by atoms with E-state index >= 15 is 0 Å². The Morgan fingerprint density at radius 1 is 0.966 bits per heavy atom. The van der Waals surface area contributed by atoms with Crippen molar-refractivity contribution in [2.75, 3.05) is 34.2 Å². The Bertz CT molecular complexity index is 889. The summed E-state index contributed by atoms with van der Waals surface area (Å²) in [6, 6.07) is 5.74. The van der Waals surface area contributed by atoms with Crippen LogP contribution in [0.15, 0.2) is 29.8 Å². The van der Waals surface area contributed by atoms with Crippen LogP contribution in [0, 0.1) is 0 Å². The second-order valence-corrected chi connectivity index (χ2v) is 7.63. The van der Waals surface area contributed by atoms with E-state index in [1.54, 1.807) is 28.4 Å². The van der Waals surface area contributed by atoms with Crippen molar-refractivity contribution in [3.05, 3.63) is 35.4 Å². The van der Waals surface area contributed by atoms with Crippen molar-refractivity contribution in [3.63, 3.8) is 0 Å². The van der Waals surface area contributed by atoms with Gasteiger partial charge in [-0.05, 0) is 43.5 Å². The molecule has 0 atom stereocenters. The van der Waals surface area contributed by atoms with Crippen LogP contribution in [0.3, 0.4) is 0 Å². The highest BCUT2D eigenvalue weighted by molar-refractivity contribution is 8.13. The Morgan fingerprint density at radius 2 is 1.59 bits per heavy atom. The third-order valence-corrected chi connectivity index (χ3v) is 5.93. The lowest BCUT2D eigenvalue weighted by Gasteiger charge is -2.19. The first-order valence-corrected chi connectivity index (χ1v) is 10.6. The summed E-state index contributed by atoms with van der Waals surface area (Å²) in [6.45, 7) is 3.94. The molecule has 0 heterocycles. The minimum atomic E-state index is 0.222. The smallest absolute Gasteiger partial charge is 0.188 e. The molecule has 0 fully saturated rings. The summed E-state index contributed by atoms with van der Waals surface area (Å²) in [5.41, 5.74) is 2.23. The standard InChI is InChI=1S/C23H30O5S/c1-7-20(24)29-14-15(2)9-8-10-16-13-19(27-5)21-17(25-3)11-12-18(26-4)22(21)23(16)28-6/h9,11-13H,7-8,10,14H2,1-6H3. The summed E-state index contributed by atoms with van der Waals surface area (Å²) >= 11 is 1.37. The van der Waals surface area contributed by atoms with Crippen LogP contribution in [0.2, 0.25) is 0 Å². The van der Waals surface area contributed by atoms with E-state index in [2.05, 4.69) is 13.0 Å². The third-order valence-electron chi connectivity index (χ3n) is 4.72. The van der Waals surface area contributed by atoms with E-state index in [-0.39, 0.29) is 5.12 Å². The Hall–Kier alpha value is -2.34. The maximum absolute atomic E-state index is 11.5. The second kappa shape index (κ2) is 11.0. The molecule has 0 unspecified atom stereocenters. The lowest BCUT2D eigenvalue weighted by atomic mass is 9.99. The summed E-state index contributed by atoms with van der Waals surface area (Å²) in [7, 11) is 6.59. The number of fused-ring (bicyclic) bond motifs is 1. The summed E-state index contributed by atoms with van der Waals surface area (Å²) in [4.78, 5) is 11.5. The van der Waals surface area contributed by atoms with Gasteiger partial charge in [0.25, 0.3) is 0 Å². The zero-order chi connectivity index (χ0) is 21.4. The van der Waals surface area contributed by atoms with Gasteiger partial charge in [0.2, 0.25) is 0 Å². The van der Waals surface area contributed by atoms with Gasteiger partial charge < -0.3 is 18.9 Å². The molecular weight excluding hydrogens is 388 g/mol. The average molecular weight is 419 g/mol. The van der Waals surface area contributed by atoms with Crippen molar-refractivity contribution in [1.82, 2.24) is 0 Å². The normalized spacial score (nSPS) is 11.4. The van der Waals surface area contributed by atoms with E-state index in [0.717, 1.165) is 46.4 Å². The highest BCUT2D eigenvalue weighted by Crippen LogP contribution is 2.46. The van der Waals surface area contributed by atoms with Crippen molar-refractivity contribution in [1.29, 1.82) is 0 Å². The number of carbonyl (C=O) groups is 1. The molecule has 0 aliphatic rings. The average Bonchev–Trinajstić information content (AvgIpc) is 2.75. The Labute approximate surface area is 177 Å². The molecule has 0 spiro atoms. The van der Waals surface area contributed by atoms with Crippen LogP contribution in [0.5, 0.6) is 23.0 Å². The fourth-order valence-electron chi connectivity index (χ4n) is 3.24.